The third kappa shape index (κ3) is 2.80. The second-order valence-corrected chi connectivity index (χ2v) is 6.41. The molecule has 2 heterocycles. The van der Waals surface area contributed by atoms with Crippen LogP contribution in [-0.2, 0) is 0 Å². The van der Waals surface area contributed by atoms with Crippen molar-refractivity contribution >= 4 is 22.2 Å². The Balaban J connectivity index is 1.63. The summed E-state index contributed by atoms with van der Waals surface area (Å²) in [5, 5.41) is 3.20. The molecule has 0 saturated carbocycles. The quantitative estimate of drug-likeness (QED) is 0.860. The third-order valence-corrected chi connectivity index (χ3v) is 4.73. The summed E-state index contributed by atoms with van der Waals surface area (Å²) < 4.78 is 0. The van der Waals surface area contributed by atoms with Crippen molar-refractivity contribution < 1.29 is 0 Å². The van der Waals surface area contributed by atoms with Crippen LogP contribution in [0.1, 0.15) is 25.3 Å². The fourth-order valence-electron chi connectivity index (χ4n) is 2.60. The first-order valence-electron chi connectivity index (χ1n) is 7.23. The van der Waals surface area contributed by atoms with Gasteiger partial charge in [-0.15, -0.1) is 11.3 Å². The van der Waals surface area contributed by atoms with Crippen LogP contribution >= 0.6 is 11.3 Å². The summed E-state index contributed by atoms with van der Waals surface area (Å²) in [6.45, 7) is 8.73. The normalized spacial score (nSPS) is 15.9. The van der Waals surface area contributed by atoms with Gasteiger partial charge in [0, 0.05) is 43.4 Å². The number of thiazole rings is 1. The molecular weight excluding hydrogens is 266 g/mol. The molecule has 1 aromatic heterocycles. The average Bonchev–Trinajstić information content (AvgIpc) is 3.02. The molecule has 0 bridgehead atoms. The molecular formula is C16H21N3S. The Bertz CT molecular complexity index is 525. The molecule has 1 aliphatic rings. The molecule has 0 aliphatic carbocycles. The first kappa shape index (κ1) is 13.4. The molecule has 0 N–H and O–H groups in total. The van der Waals surface area contributed by atoms with Crippen molar-refractivity contribution in [3.63, 3.8) is 0 Å². The van der Waals surface area contributed by atoms with Gasteiger partial charge in [-0.25, -0.2) is 4.98 Å². The predicted molar refractivity (Wildman–Crippen MR) is 87.1 cm³/mol. The highest BCUT2D eigenvalue weighted by Gasteiger charge is 2.18. The second-order valence-electron chi connectivity index (χ2n) is 5.54. The van der Waals surface area contributed by atoms with Gasteiger partial charge in [0.2, 0.25) is 0 Å². The topological polar surface area (TPSA) is 19.4 Å². The molecule has 4 heteroatoms. The summed E-state index contributed by atoms with van der Waals surface area (Å²) in [6.07, 6.45) is 1.89. The molecule has 1 fully saturated rings. The predicted octanol–water partition coefficient (Wildman–Crippen LogP) is 3.59. The van der Waals surface area contributed by atoms with Crippen LogP contribution in [0.25, 0.3) is 0 Å². The van der Waals surface area contributed by atoms with Crippen molar-refractivity contribution in [2.75, 3.05) is 36.0 Å². The molecule has 3 rings (SSSR count). The Labute approximate surface area is 124 Å². The van der Waals surface area contributed by atoms with Crippen LogP contribution in [0.15, 0.2) is 35.8 Å². The molecule has 2 aromatic rings. The van der Waals surface area contributed by atoms with Crippen LogP contribution < -0.4 is 9.80 Å². The van der Waals surface area contributed by atoms with Gasteiger partial charge in [0.1, 0.15) is 0 Å². The maximum absolute atomic E-state index is 4.39. The Morgan fingerprint density at radius 3 is 2.20 bits per heavy atom. The number of nitrogens with zero attached hydrogens (tertiary/aromatic N) is 3. The van der Waals surface area contributed by atoms with Crippen molar-refractivity contribution in [1.29, 1.82) is 0 Å². The lowest BCUT2D eigenvalue weighted by Gasteiger charge is -2.36. The number of benzene rings is 1. The molecule has 1 aliphatic heterocycles. The summed E-state index contributed by atoms with van der Waals surface area (Å²) in [5.74, 6) is 0.603. The summed E-state index contributed by atoms with van der Waals surface area (Å²) in [5.41, 5.74) is 2.75. The van der Waals surface area contributed by atoms with E-state index in [0.717, 1.165) is 31.3 Å². The van der Waals surface area contributed by atoms with Gasteiger partial charge in [-0.3, -0.25) is 0 Å². The fourth-order valence-corrected chi connectivity index (χ4v) is 3.29. The van der Waals surface area contributed by atoms with Crippen LogP contribution in [0, 0.1) is 0 Å². The monoisotopic (exact) mass is 287 g/mol. The van der Waals surface area contributed by atoms with Gasteiger partial charge >= 0.3 is 0 Å². The van der Waals surface area contributed by atoms with Crippen LogP contribution in [-0.4, -0.2) is 31.2 Å². The maximum atomic E-state index is 4.39. The number of anilines is 2. The van der Waals surface area contributed by atoms with Gasteiger partial charge < -0.3 is 9.80 Å². The highest BCUT2D eigenvalue weighted by molar-refractivity contribution is 7.13. The number of hydrogen-bond donors (Lipinski definition) is 0. The van der Waals surface area contributed by atoms with Crippen LogP contribution in [0.5, 0.6) is 0 Å². The molecule has 0 atom stereocenters. The molecule has 1 aromatic carbocycles. The Morgan fingerprint density at radius 2 is 1.65 bits per heavy atom. The lowest BCUT2D eigenvalue weighted by Crippen LogP contribution is -2.46. The number of aromatic nitrogens is 1. The highest BCUT2D eigenvalue weighted by Crippen LogP contribution is 2.23. The summed E-state index contributed by atoms with van der Waals surface area (Å²) >= 11 is 1.73. The third-order valence-electron chi connectivity index (χ3n) is 3.89. The van der Waals surface area contributed by atoms with Crippen molar-refractivity contribution in [2.24, 2.45) is 0 Å². The maximum Gasteiger partial charge on any atom is 0.185 e. The second kappa shape index (κ2) is 5.83. The fraction of sp³-hybridized carbons (Fsp3) is 0.438. The largest absolute Gasteiger partial charge is 0.368 e. The van der Waals surface area contributed by atoms with Crippen molar-refractivity contribution in [3.05, 3.63) is 41.4 Å². The lowest BCUT2D eigenvalue weighted by atomic mass is 10.0. The van der Waals surface area contributed by atoms with Gasteiger partial charge in [0.25, 0.3) is 0 Å². The van der Waals surface area contributed by atoms with E-state index in [0.29, 0.717) is 5.92 Å². The Kier molecular flexibility index (Phi) is 3.92. The first-order chi connectivity index (χ1) is 9.74. The van der Waals surface area contributed by atoms with E-state index in [2.05, 4.69) is 52.9 Å². The molecule has 0 amide bonds. The number of piperazine rings is 1. The van der Waals surface area contributed by atoms with Gasteiger partial charge in [0.15, 0.2) is 5.13 Å². The molecule has 106 valence electrons. The molecule has 1 saturated heterocycles. The van der Waals surface area contributed by atoms with Crippen molar-refractivity contribution in [1.82, 2.24) is 4.98 Å². The van der Waals surface area contributed by atoms with Gasteiger partial charge in [0.05, 0.1) is 0 Å². The average molecular weight is 287 g/mol. The minimum atomic E-state index is 0.603. The Hall–Kier alpha value is -1.55. The molecule has 20 heavy (non-hydrogen) atoms. The Morgan fingerprint density at radius 1 is 1.00 bits per heavy atom. The summed E-state index contributed by atoms with van der Waals surface area (Å²) in [6, 6.07) is 9.03. The molecule has 0 unspecified atom stereocenters. The van der Waals surface area contributed by atoms with E-state index < -0.39 is 0 Å². The van der Waals surface area contributed by atoms with E-state index in [1.54, 1.807) is 11.3 Å². The van der Waals surface area contributed by atoms with Gasteiger partial charge in [-0.2, -0.15) is 0 Å². The van der Waals surface area contributed by atoms with E-state index in [-0.39, 0.29) is 0 Å². The highest BCUT2D eigenvalue weighted by atomic mass is 32.1. The van der Waals surface area contributed by atoms with Gasteiger partial charge in [-0.1, -0.05) is 26.0 Å². The van der Waals surface area contributed by atoms with E-state index in [9.17, 15) is 0 Å². The zero-order valence-corrected chi connectivity index (χ0v) is 12.9. The van der Waals surface area contributed by atoms with Crippen LogP contribution in [0.3, 0.4) is 0 Å². The van der Waals surface area contributed by atoms with E-state index in [1.807, 2.05) is 11.6 Å². The van der Waals surface area contributed by atoms with E-state index >= 15 is 0 Å². The zero-order chi connectivity index (χ0) is 13.9. The van der Waals surface area contributed by atoms with E-state index in [1.165, 1.54) is 11.3 Å². The molecule has 3 nitrogen and oxygen atoms in total. The van der Waals surface area contributed by atoms with E-state index in [4.69, 9.17) is 0 Å². The standard InChI is InChI=1S/C16H21N3S/c1-13(2)14-3-5-15(6-4-14)18-8-10-19(11-9-18)16-17-7-12-20-16/h3-7,12-13H,8-11H2,1-2H3. The van der Waals surface area contributed by atoms with Crippen LogP contribution in [0.2, 0.25) is 0 Å². The SMILES string of the molecule is CC(C)c1ccc(N2CCN(c3nccs3)CC2)cc1. The molecule has 0 spiro atoms. The minimum absolute atomic E-state index is 0.603. The van der Waals surface area contributed by atoms with Crippen molar-refractivity contribution in [2.45, 2.75) is 19.8 Å². The minimum Gasteiger partial charge on any atom is -0.368 e. The number of rotatable bonds is 3. The number of hydrogen-bond acceptors (Lipinski definition) is 4. The van der Waals surface area contributed by atoms with Gasteiger partial charge in [-0.05, 0) is 23.6 Å². The smallest absolute Gasteiger partial charge is 0.185 e. The van der Waals surface area contributed by atoms with Crippen molar-refractivity contribution in [3.8, 4) is 0 Å². The summed E-state index contributed by atoms with van der Waals surface area (Å²) in [4.78, 5) is 9.24. The summed E-state index contributed by atoms with van der Waals surface area (Å²) in [7, 11) is 0. The zero-order valence-electron chi connectivity index (χ0n) is 12.1. The lowest BCUT2D eigenvalue weighted by molar-refractivity contribution is 0.652. The first-order valence-corrected chi connectivity index (χ1v) is 8.11. The molecule has 0 radical (unpaired) electrons. The van der Waals surface area contributed by atoms with Crippen LogP contribution in [0.4, 0.5) is 10.8 Å².